The summed E-state index contributed by atoms with van der Waals surface area (Å²) in [5, 5.41) is 0. The van der Waals surface area contributed by atoms with Gasteiger partial charge in [0.1, 0.15) is 11.6 Å². The monoisotopic (exact) mass is 267 g/mol. The second-order valence-electron chi connectivity index (χ2n) is 4.83. The van der Waals surface area contributed by atoms with Gasteiger partial charge in [-0.3, -0.25) is 0 Å². The van der Waals surface area contributed by atoms with Gasteiger partial charge in [-0.1, -0.05) is 26.2 Å². The highest BCUT2D eigenvalue weighted by molar-refractivity contribution is 5.92. The van der Waals surface area contributed by atoms with Crippen LogP contribution in [0.15, 0.2) is 0 Å². The zero-order chi connectivity index (χ0) is 14.4. The molecule has 1 unspecified atom stereocenters. The molecule has 0 amide bonds. The fourth-order valence-electron chi connectivity index (χ4n) is 2.29. The zero-order valence-electron chi connectivity index (χ0n) is 12.4. The number of imidazole rings is 1. The first-order chi connectivity index (χ1) is 9.02. The third-order valence-corrected chi connectivity index (χ3v) is 3.26. The summed E-state index contributed by atoms with van der Waals surface area (Å²) in [6, 6.07) is 0.252. The molecule has 0 radical (unpaired) electrons. The molecule has 1 rings (SSSR count). The van der Waals surface area contributed by atoms with E-state index in [1.807, 2.05) is 11.5 Å². The van der Waals surface area contributed by atoms with E-state index in [1.165, 1.54) is 12.8 Å². The summed E-state index contributed by atoms with van der Waals surface area (Å²) in [5.41, 5.74) is 6.28. The van der Waals surface area contributed by atoms with Crippen LogP contribution in [-0.4, -0.2) is 22.1 Å². The van der Waals surface area contributed by atoms with E-state index in [4.69, 9.17) is 10.5 Å². The number of hydrogen-bond acceptors (Lipinski definition) is 4. The van der Waals surface area contributed by atoms with E-state index in [1.54, 1.807) is 6.92 Å². The molecule has 5 nitrogen and oxygen atoms in total. The number of rotatable bonds is 7. The highest BCUT2D eigenvalue weighted by Gasteiger charge is 2.22. The van der Waals surface area contributed by atoms with Crippen LogP contribution in [0.2, 0.25) is 0 Å². The van der Waals surface area contributed by atoms with Crippen LogP contribution in [-0.2, 0) is 4.74 Å². The van der Waals surface area contributed by atoms with Gasteiger partial charge in [0.25, 0.3) is 0 Å². The summed E-state index contributed by atoms with van der Waals surface area (Å²) in [6.45, 7) is 8.26. The average Bonchev–Trinajstić information content (AvgIpc) is 2.65. The largest absolute Gasteiger partial charge is 0.461 e. The van der Waals surface area contributed by atoms with E-state index in [0.29, 0.717) is 12.4 Å². The molecule has 19 heavy (non-hydrogen) atoms. The smallest absolute Gasteiger partial charge is 0.360 e. The number of carbonyl (C=O) groups is 1. The number of carbonyl (C=O) groups excluding carboxylic acids is 1. The zero-order valence-corrected chi connectivity index (χ0v) is 12.4. The van der Waals surface area contributed by atoms with Crippen molar-refractivity contribution in [3.8, 4) is 0 Å². The number of nitrogen functional groups attached to an aromatic ring is 1. The maximum Gasteiger partial charge on any atom is 0.360 e. The number of nitrogens with zero attached hydrogens (tertiary/aromatic N) is 2. The fraction of sp³-hybridized carbons (Fsp3) is 0.714. The molecule has 1 atom stereocenters. The molecule has 0 saturated heterocycles. The molecule has 1 aromatic rings. The Morgan fingerprint density at radius 1 is 1.42 bits per heavy atom. The lowest BCUT2D eigenvalue weighted by Crippen LogP contribution is -2.13. The Balaban J connectivity index is 2.87. The predicted octanol–water partition coefficient (Wildman–Crippen LogP) is 3.09. The van der Waals surface area contributed by atoms with Crippen LogP contribution >= 0.6 is 0 Å². The lowest BCUT2D eigenvalue weighted by Gasteiger charge is -2.16. The molecule has 1 heterocycles. The second-order valence-corrected chi connectivity index (χ2v) is 4.83. The molecule has 2 N–H and O–H groups in total. The van der Waals surface area contributed by atoms with E-state index >= 15 is 0 Å². The number of aryl methyl sites for hydroxylation is 1. The van der Waals surface area contributed by atoms with E-state index in [2.05, 4.69) is 18.8 Å². The Labute approximate surface area is 115 Å². The van der Waals surface area contributed by atoms with Gasteiger partial charge < -0.3 is 15.0 Å². The molecule has 108 valence electrons. The molecule has 1 aromatic heterocycles. The van der Waals surface area contributed by atoms with Gasteiger partial charge in [-0.25, -0.2) is 9.78 Å². The summed E-state index contributed by atoms with van der Waals surface area (Å²) in [6.07, 6.45) is 4.60. The van der Waals surface area contributed by atoms with Gasteiger partial charge in [0.05, 0.1) is 6.61 Å². The van der Waals surface area contributed by atoms with E-state index in [-0.39, 0.29) is 11.7 Å². The lowest BCUT2D eigenvalue weighted by molar-refractivity contribution is 0.0521. The molecule has 0 saturated carbocycles. The van der Waals surface area contributed by atoms with Crippen molar-refractivity contribution in [1.29, 1.82) is 0 Å². The van der Waals surface area contributed by atoms with Crippen LogP contribution < -0.4 is 5.73 Å². The summed E-state index contributed by atoms with van der Waals surface area (Å²) < 4.78 is 6.89. The molecular formula is C14H25N3O2. The molecule has 0 bridgehead atoms. The van der Waals surface area contributed by atoms with Crippen LogP contribution in [0.4, 0.5) is 5.82 Å². The molecule has 0 fully saturated rings. The van der Waals surface area contributed by atoms with Crippen LogP contribution in [0.5, 0.6) is 0 Å². The predicted molar refractivity (Wildman–Crippen MR) is 76.2 cm³/mol. The quantitative estimate of drug-likeness (QED) is 0.608. The van der Waals surface area contributed by atoms with Crippen LogP contribution in [0, 0.1) is 6.92 Å². The third-order valence-electron chi connectivity index (χ3n) is 3.26. The standard InChI is InChI=1S/C14H25N3O2/c1-5-7-8-9-10(3)17-11(4)16-12(13(17)15)14(18)19-6-2/h10H,5-9,15H2,1-4H3. The minimum atomic E-state index is -0.442. The minimum absolute atomic E-state index is 0.238. The summed E-state index contributed by atoms with van der Waals surface area (Å²) in [5.74, 6) is 0.743. The van der Waals surface area contributed by atoms with Crippen LogP contribution in [0.25, 0.3) is 0 Å². The average molecular weight is 267 g/mol. The number of nitrogens with two attached hydrogens (primary N) is 1. The number of hydrogen-bond donors (Lipinski definition) is 1. The van der Waals surface area contributed by atoms with Gasteiger partial charge in [-0.2, -0.15) is 0 Å². The van der Waals surface area contributed by atoms with Gasteiger partial charge in [-0.15, -0.1) is 0 Å². The van der Waals surface area contributed by atoms with Gasteiger partial charge in [0.2, 0.25) is 0 Å². The molecule has 0 aliphatic heterocycles. The Hall–Kier alpha value is -1.52. The van der Waals surface area contributed by atoms with E-state index in [0.717, 1.165) is 18.7 Å². The number of anilines is 1. The Morgan fingerprint density at radius 3 is 2.68 bits per heavy atom. The second kappa shape index (κ2) is 7.16. The van der Waals surface area contributed by atoms with Crippen molar-refractivity contribution in [1.82, 2.24) is 9.55 Å². The molecule has 0 aliphatic rings. The van der Waals surface area contributed by atoms with Crippen molar-refractivity contribution in [3.05, 3.63) is 11.5 Å². The Bertz CT molecular complexity index is 427. The van der Waals surface area contributed by atoms with Crippen molar-refractivity contribution in [2.75, 3.05) is 12.3 Å². The van der Waals surface area contributed by atoms with Gasteiger partial charge in [-0.05, 0) is 27.2 Å². The van der Waals surface area contributed by atoms with Crippen molar-refractivity contribution < 1.29 is 9.53 Å². The number of aromatic nitrogens is 2. The summed E-state index contributed by atoms with van der Waals surface area (Å²) in [4.78, 5) is 16.0. The lowest BCUT2D eigenvalue weighted by atomic mass is 10.1. The molecule has 0 aliphatic carbocycles. The summed E-state index contributed by atoms with van der Waals surface area (Å²) >= 11 is 0. The first-order valence-corrected chi connectivity index (χ1v) is 7.04. The highest BCUT2D eigenvalue weighted by Crippen LogP contribution is 2.24. The minimum Gasteiger partial charge on any atom is -0.461 e. The number of esters is 1. The summed E-state index contributed by atoms with van der Waals surface area (Å²) in [7, 11) is 0. The molecular weight excluding hydrogens is 242 g/mol. The van der Waals surface area contributed by atoms with Gasteiger partial charge >= 0.3 is 5.97 Å². The van der Waals surface area contributed by atoms with E-state index < -0.39 is 5.97 Å². The molecule has 5 heteroatoms. The van der Waals surface area contributed by atoms with Crippen molar-refractivity contribution in [2.24, 2.45) is 0 Å². The van der Waals surface area contributed by atoms with Gasteiger partial charge in [0.15, 0.2) is 5.69 Å². The van der Waals surface area contributed by atoms with Crippen molar-refractivity contribution in [2.45, 2.75) is 59.4 Å². The SMILES string of the molecule is CCCCCC(C)n1c(C)nc(C(=O)OCC)c1N. The maximum absolute atomic E-state index is 11.7. The van der Waals surface area contributed by atoms with E-state index in [9.17, 15) is 4.79 Å². The topological polar surface area (TPSA) is 70.1 Å². The Morgan fingerprint density at radius 2 is 2.11 bits per heavy atom. The van der Waals surface area contributed by atoms with Crippen LogP contribution in [0.3, 0.4) is 0 Å². The molecule has 0 aromatic carbocycles. The third kappa shape index (κ3) is 3.72. The van der Waals surface area contributed by atoms with Crippen molar-refractivity contribution >= 4 is 11.8 Å². The fourth-order valence-corrected chi connectivity index (χ4v) is 2.29. The maximum atomic E-state index is 11.7. The number of ether oxygens (including phenoxy) is 1. The normalized spacial score (nSPS) is 12.4. The van der Waals surface area contributed by atoms with Gasteiger partial charge in [0, 0.05) is 6.04 Å². The highest BCUT2D eigenvalue weighted by atomic mass is 16.5. The van der Waals surface area contributed by atoms with Crippen LogP contribution in [0.1, 0.15) is 68.8 Å². The molecule has 0 spiro atoms. The van der Waals surface area contributed by atoms with Crippen molar-refractivity contribution in [3.63, 3.8) is 0 Å². The first-order valence-electron chi connectivity index (χ1n) is 7.04. The first kappa shape index (κ1) is 15.5. The number of unbranched alkanes of at least 4 members (excludes halogenated alkanes) is 2. The Kier molecular flexibility index (Phi) is 5.86.